The van der Waals surface area contributed by atoms with E-state index in [1.165, 1.54) is 24.3 Å². The summed E-state index contributed by atoms with van der Waals surface area (Å²) >= 11 is 1.11. The molecule has 0 bridgehead atoms. The number of carbonyl (C=O) groups excluding carboxylic acids is 6. The number of Topliss-reactive ketones (excluding diaryl/α,β-unsaturated/α-hetero) is 2. The highest BCUT2D eigenvalue weighted by molar-refractivity contribution is 7.09. The number of benzene rings is 1. The van der Waals surface area contributed by atoms with Crippen molar-refractivity contribution >= 4 is 58.3 Å². The zero-order chi connectivity index (χ0) is 50.0. The molecule has 0 saturated carbocycles. The van der Waals surface area contributed by atoms with Crippen molar-refractivity contribution in [2.75, 3.05) is 25.5 Å². The molecule has 1 saturated heterocycles. The number of thiazole rings is 1. The number of likely N-dealkylation sites (N-methyl/N-ethyl adjacent to an activating group) is 1. The van der Waals surface area contributed by atoms with Gasteiger partial charge in [0.15, 0.2) is 11.9 Å². The van der Waals surface area contributed by atoms with Crippen LogP contribution in [0.15, 0.2) is 29.6 Å². The number of amides is 3. The summed E-state index contributed by atoms with van der Waals surface area (Å²) in [6.45, 7) is 14.6. The Balaban J connectivity index is 1.91. The highest BCUT2D eigenvalue weighted by Gasteiger charge is 2.40. The van der Waals surface area contributed by atoms with Crippen molar-refractivity contribution in [3.8, 4) is 12.3 Å². The van der Waals surface area contributed by atoms with Crippen LogP contribution in [0.3, 0.4) is 0 Å². The van der Waals surface area contributed by atoms with Crippen molar-refractivity contribution in [3.05, 3.63) is 45.9 Å². The highest BCUT2D eigenvalue weighted by Crippen LogP contribution is 2.34. The average molecular weight is 951 g/mol. The number of aromatic nitrogens is 1. The van der Waals surface area contributed by atoms with E-state index in [-0.39, 0.29) is 86.2 Å². The molecular formula is C50H74N6O10S. The van der Waals surface area contributed by atoms with Gasteiger partial charge in [0.1, 0.15) is 16.5 Å². The molecule has 0 aliphatic carbocycles. The number of hydrogen-bond acceptors (Lipinski definition) is 13. The highest BCUT2D eigenvalue weighted by atomic mass is 32.1. The van der Waals surface area contributed by atoms with Gasteiger partial charge in [0.25, 0.3) is 5.91 Å². The lowest BCUT2D eigenvalue weighted by Gasteiger charge is -2.38. The van der Waals surface area contributed by atoms with Crippen LogP contribution >= 0.6 is 11.3 Å². The molecule has 0 spiro atoms. The molecule has 370 valence electrons. The van der Waals surface area contributed by atoms with Gasteiger partial charge in [-0.2, -0.15) is 0 Å². The molecule has 3 amide bonds. The number of likely N-dealkylation sites (tertiary alicyclic amines) is 1. The predicted molar refractivity (Wildman–Crippen MR) is 258 cm³/mol. The lowest BCUT2D eigenvalue weighted by molar-refractivity contribution is -0.215. The van der Waals surface area contributed by atoms with Crippen LogP contribution in [-0.2, 0) is 44.8 Å². The van der Waals surface area contributed by atoms with Crippen LogP contribution < -0.4 is 16.4 Å². The second-order valence-electron chi connectivity index (χ2n) is 19.0. The largest absolute Gasteiger partial charge is 0.481 e. The molecule has 0 radical (unpaired) electrons. The van der Waals surface area contributed by atoms with Gasteiger partial charge in [0.05, 0.1) is 30.1 Å². The minimum Gasteiger partial charge on any atom is -0.481 e. The number of unbranched alkanes of at least 4 members (excludes halogenated alkanes) is 1. The molecule has 2 aromatic rings. The molecule has 17 heteroatoms. The van der Waals surface area contributed by atoms with Gasteiger partial charge in [-0.3, -0.25) is 38.5 Å². The number of nitrogens with zero attached hydrogens (tertiary/aromatic N) is 3. The summed E-state index contributed by atoms with van der Waals surface area (Å²) in [5.74, 6) is -1.46. The van der Waals surface area contributed by atoms with E-state index in [0.29, 0.717) is 30.0 Å². The smallest absolute Gasteiger partial charge is 0.309 e. The number of carboxylic acids is 1. The monoisotopic (exact) mass is 951 g/mol. The van der Waals surface area contributed by atoms with Crippen molar-refractivity contribution in [1.82, 2.24) is 20.3 Å². The van der Waals surface area contributed by atoms with E-state index in [1.54, 1.807) is 38.1 Å². The molecule has 1 aromatic carbocycles. The van der Waals surface area contributed by atoms with E-state index >= 15 is 0 Å². The first-order valence-corrected chi connectivity index (χ1v) is 24.4. The number of ketones is 2. The van der Waals surface area contributed by atoms with Crippen molar-refractivity contribution in [2.45, 2.75) is 163 Å². The summed E-state index contributed by atoms with van der Waals surface area (Å²) in [6.07, 6.45) is 9.65. The number of aliphatic carboxylic acids is 1. The maximum Gasteiger partial charge on any atom is 0.309 e. The van der Waals surface area contributed by atoms with Gasteiger partial charge >= 0.3 is 11.9 Å². The van der Waals surface area contributed by atoms with Crippen LogP contribution in [0.5, 0.6) is 0 Å². The van der Waals surface area contributed by atoms with Gasteiger partial charge in [-0.1, -0.05) is 52.7 Å². The zero-order valence-corrected chi connectivity index (χ0v) is 41.7. The third-order valence-corrected chi connectivity index (χ3v) is 13.4. The average Bonchev–Trinajstić information content (AvgIpc) is 3.77. The van der Waals surface area contributed by atoms with Gasteiger partial charge in [0.2, 0.25) is 11.8 Å². The first-order valence-electron chi connectivity index (χ1n) is 23.5. The summed E-state index contributed by atoms with van der Waals surface area (Å²) < 4.78 is 5.87. The summed E-state index contributed by atoms with van der Waals surface area (Å²) in [5.41, 5.74) is 5.98. The standard InChI is InChI=1S/C50H74N6O10S/c1-11-13-16-25-65-56(48(62)38(32(5)12-2)27-43(59)41-17-14-15-24-55(41)10)42(31(3)4)28-44(66-34(7)58)47-54-40(30-67-47)46(61)53-37(29-50(8,9)49(63)64)26-35-19-21-36(22-20-35)52-45(60)39(51)23-18-33(6)57/h1,19-22,30-32,37-39,41-42,44H,12-18,23-29,51H2,2-10H3,(H,52,60)(H,53,61)(H,63,64)/t32-,37-,38-,39-,41+,42+,44+/m0/s1. The number of anilines is 1. The number of hydrogen-bond donors (Lipinski definition) is 4. The lowest BCUT2D eigenvalue weighted by atomic mass is 9.83. The predicted octanol–water partition coefficient (Wildman–Crippen LogP) is 6.92. The van der Waals surface area contributed by atoms with E-state index in [0.717, 1.165) is 42.7 Å². The van der Waals surface area contributed by atoms with Crippen molar-refractivity contribution < 1.29 is 48.2 Å². The topological polar surface area (TPSA) is 228 Å². The number of hydroxylamine groups is 2. The fourth-order valence-electron chi connectivity index (χ4n) is 8.14. The molecule has 2 heterocycles. The van der Waals surface area contributed by atoms with Gasteiger partial charge in [-0.25, -0.2) is 10.0 Å². The van der Waals surface area contributed by atoms with E-state index in [9.17, 15) is 38.7 Å². The molecule has 1 fully saturated rings. The normalized spacial score (nSPS) is 17.0. The minimum atomic E-state index is -1.22. The molecule has 3 rings (SSSR count). The minimum absolute atomic E-state index is 0.0250. The van der Waals surface area contributed by atoms with Gasteiger partial charge < -0.3 is 31.0 Å². The van der Waals surface area contributed by atoms with E-state index in [1.807, 2.05) is 34.7 Å². The summed E-state index contributed by atoms with van der Waals surface area (Å²) in [4.78, 5) is 105. The lowest BCUT2D eigenvalue weighted by Crippen LogP contribution is -2.50. The third kappa shape index (κ3) is 17.9. The fourth-order valence-corrected chi connectivity index (χ4v) is 8.98. The van der Waals surface area contributed by atoms with E-state index in [2.05, 4.69) is 26.4 Å². The maximum atomic E-state index is 14.8. The number of carbonyl (C=O) groups is 7. The van der Waals surface area contributed by atoms with Gasteiger partial charge in [-0.05, 0) is 102 Å². The van der Waals surface area contributed by atoms with Crippen molar-refractivity contribution in [1.29, 1.82) is 0 Å². The SMILES string of the molecule is C#CCCCON(C(=O)[C@@H](CC(=O)[C@H]1CCCCN1C)[C@@H](C)CC)[C@H](C[C@@H](OC(C)=O)c1nc(C(=O)N[C@@H](Cc2ccc(NC(=O)[C@@H](N)CCC(C)=O)cc2)CC(C)(C)C(=O)O)cs1)C(C)C. The molecule has 16 nitrogen and oxygen atoms in total. The van der Waals surface area contributed by atoms with Crippen molar-refractivity contribution in [2.24, 2.45) is 28.9 Å². The van der Waals surface area contributed by atoms with Gasteiger partial charge in [0, 0.05) is 55.6 Å². The number of piperidine rings is 1. The molecule has 1 aliphatic rings. The van der Waals surface area contributed by atoms with Crippen LogP contribution in [0.2, 0.25) is 0 Å². The van der Waals surface area contributed by atoms with Crippen molar-refractivity contribution in [3.63, 3.8) is 0 Å². The Morgan fingerprint density at radius 1 is 1.09 bits per heavy atom. The molecule has 67 heavy (non-hydrogen) atoms. The zero-order valence-electron chi connectivity index (χ0n) is 40.9. The molecule has 7 atom stereocenters. The van der Waals surface area contributed by atoms with Crippen LogP contribution in [0, 0.1) is 35.5 Å². The number of terminal acetylenes is 1. The number of esters is 1. The Morgan fingerprint density at radius 2 is 1.78 bits per heavy atom. The first kappa shape index (κ1) is 56.3. The Labute approximate surface area is 400 Å². The third-order valence-electron chi connectivity index (χ3n) is 12.5. The van der Waals surface area contributed by atoms with Crippen LogP contribution in [0.25, 0.3) is 0 Å². The molecular weight excluding hydrogens is 877 g/mol. The number of carboxylic acid groups (broad SMARTS) is 1. The summed E-state index contributed by atoms with van der Waals surface area (Å²) in [6, 6.07) is 4.41. The second-order valence-corrected chi connectivity index (χ2v) is 19.9. The Morgan fingerprint density at radius 3 is 2.36 bits per heavy atom. The number of ether oxygens (including phenoxy) is 1. The van der Waals surface area contributed by atoms with Crippen LogP contribution in [0.1, 0.15) is 153 Å². The quantitative estimate of drug-likeness (QED) is 0.0294. The number of rotatable bonds is 28. The number of nitrogens with one attached hydrogen (secondary N) is 2. The maximum absolute atomic E-state index is 14.8. The van der Waals surface area contributed by atoms with Crippen LogP contribution in [0.4, 0.5) is 5.69 Å². The number of nitrogens with two attached hydrogens (primary N) is 1. The summed E-state index contributed by atoms with van der Waals surface area (Å²) in [7, 11) is 1.95. The molecule has 1 aromatic heterocycles. The fraction of sp³-hybridized carbons (Fsp3) is 0.640. The second kappa shape index (κ2) is 27.1. The molecule has 1 aliphatic heterocycles. The first-order chi connectivity index (χ1) is 31.6. The van der Waals surface area contributed by atoms with E-state index in [4.69, 9.17) is 21.7 Å². The Bertz CT molecular complexity index is 2030. The Kier molecular flexibility index (Phi) is 22.8. The molecule has 5 N–H and O–H groups in total. The molecule has 0 unspecified atom stereocenters. The Hall–Kier alpha value is -5.02. The van der Waals surface area contributed by atoms with E-state index < -0.39 is 59.3 Å². The van der Waals surface area contributed by atoms with Gasteiger partial charge in [-0.15, -0.1) is 23.7 Å². The summed E-state index contributed by atoms with van der Waals surface area (Å²) in [5, 5.41) is 18.9. The van der Waals surface area contributed by atoms with Crippen LogP contribution in [-0.4, -0.2) is 106 Å².